The zero-order valence-electron chi connectivity index (χ0n) is 61.4. The molecular weight excluding hydrogens is 1510 g/mol. The number of aromatic nitrogens is 12. The van der Waals surface area contributed by atoms with Crippen LogP contribution in [-0.2, 0) is 0 Å². The van der Waals surface area contributed by atoms with Gasteiger partial charge < -0.3 is 44.8 Å². The molecule has 0 bridgehead atoms. The molecule has 8 aromatic heterocycles. The molecule has 9 N–H and O–H groups in total. The molecule has 0 aliphatic carbocycles. The van der Waals surface area contributed by atoms with Gasteiger partial charge >= 0.3 is 0 Å². The Morgan fingerprint density at radius 3 is 1.08 bits per heavy atom. The summed E-state index contributed by atoms with van der Waals surface area (Å²) in [7, 11) is 2.82. The molecule has 0 fully saturated rings. The number of fused-ring (bicyclic) bond motifs is 4. The molecule has 24 nitrogen and oxygen atoms in total. The van der Waals surface area contributed by atoms with Crippen molar-refractivity contribution in [3.05, 3.63) is 313 Å². The number of hydrogen-bond donors (Lipinski definition) is 9. The molecule has 582 valence electrons. The molecule has 0 aliphatic heterocycles. The van der Waals surface area contributed by atoms with Gasteiger partial charge in [0.25, 0.3) is 23.6 Å². The van der Waals surface area contributed by atoms with Crippen LogP contribution in [0.5, 0.6) is 11.8 Å². The van der Waals surface area contributed by atoms with Crippen LogP contribution in [0.25, 0.3) is 92.2 Å². The number of nitrogens with zero attached hydrogens (tertiary/aromatic N) is 7. The van der Waals surface area contributed by atoms with Crippen LogP contribution in [0.2, 0.25) is 0 Å². The van der Waals surface area contributed by atoms with E-state index in [0.29, 0.717) is 89.3 Å². The molecule has 0 saturated carbocycles. The monoisotopic (exact) mass is 1570 g/mol. The molecule has 32 heteroatoms. The number of aromatic amines is 5. The van der Waals surface area contributed by atoms with Crippen LogP contribution in [0.15, 0.2) is 191 Å². The van der Waals surface area contributed by atoms with Gasteiger partial charge in [-0.3, -0.25) is 39.6 Å². The maximum absolute atomic E-state index is 14.6. The lowest BCUT2D eigenvalue weighted by Crippen LogP contribution is -2.15. The SMILES string of the molecule is COc1ccc(C(=O)Nc2cc3c(/C=C/c4ccc(F)cc4)n[nH]c3cc2F)c(OC)n1.Cc1noc(C)c1C(=O)Nc1cc2c(/C=C/c3ccc(F)cc3)n[nH]c2cc1F.Cc1oncc1C(=O)Nc1cc2c(/C=C/c3ccc(F)cc3)n[nH]c2cc1F.O=C(Nc1cc2c(/C=C/c3ccc(F)cc3)n[nH]c2cc1F)c1ccc[nH]1. The molecule has 0 unspecified atom stereocenters. The van der Waals surface area contributed by atoms with Crippen LogP contribution >= 0.6 is 0 Å². The summed E-state index contributed by atoms with van der Waals surface area (Å²) in [5.41, 5.74) is 8.72. The fraction of sp³-hybridized carbons (Fsp3) is 0.0595. The number of methoxy groups -OCH3 is 2. The van der Waals surface area contributed by atoms with E-state index in [0.717, 1.165) is 22.3 Å². The van der Waals surface area contributed by atoms with Gasteiger partial charge in [0.05, 0.1) is 93.7 Å². The lowest BCUT2D eigenvalue weighted by Gasteiger charge is -2.10. The van der Waals surface area contributed by atoms with Crippen molar-refractivity contribution in [2.24, 2.45) is 0 Å². The minimum atomic E-state index is -0.635. The van der Waals surface area contributed by atoms with Gasteiger partial charge in [-0.15, -0.1) is 0 Å². The van der Waals surface area contributed by atoms with E-state index in [1.165, 1.54) is 130 Å². The lowest BCUT2D eigenvalue weighted by molar-refractivity contribution is 0.101. The molecule has 16 aromatic rings. The maximum Gasteiger partial charge on any atom is 0.272 e. The number of ether oxygens (including phenoxy) is 2. The van der Waals surface area contributed by atoms with Crippen molar-refractivity contribution in [1.29, 1.82) is 0 Å². The Morgan fingerprint density at radius 2 is 0.759 bits per heavy atom. The molecule has 8 aromatic carbocycles. The zero-order chi connectivity index (χ0) is 81.7. The van der Waals surface area contributed by atoms with Gasteiger partial charge in [-0.25, -0.2) is 35.1 Å². The van der Waals surface area contributed by atoms with Crippen molar-refractivity contribution >= 4 is 139 Å². The number of aryl methyl sites for hydroxylation is 3. The average molecular weight is 1580 g/mol. The van der Waals surface area contributed by atoms with Crippen molar-refractivity contribution < 1.29 is 72.8 Å². The van der Waals surface area contributed by atoms with Crippen molar-refractivity contribution in [3.63, 3.8) is 0 Å². The molecule has 0 atom stereocenters. The molecule has 8 heterocycles. The minimum absolute atomic E-state index is 0.0101. The first-order chi connectivity index (χ1) is 56.0. The summed E-state index contributed by atoms with van der Waals surface area (Å²) in [6.45, 7) is 4.85. The van der Waals surface area contributed by atoms with Crippen molar-refractivity contribution in [2.75, 3.05) is 35.5 Å². The van der Waals surface area contributed by atoms with E-state index in [-0.39, 0.29) is 74.5 Å². The third kappa shape index (κ3) is 18.7. The highest BCUT2D eigenvalue weighted by Gasteiger charge is 2.23. The van der Waals surface area contributed by atoms with E-state index in [9.17, 15) is 54.3 Å². The first kappa shape index (κ1) is 78.5. The molecule has 0 saturated heterocycles. The number of carbonyl (C=O) groups excluding carboxylic acids is 4. The largest absolute Gasteiger partial charge is 0.481 e. The van der Waals surface area contributed by atoms with Gasteiger partial charge in [0, 0.05) is 58.1 Å². The topological polar surface area (TPSA) is 330 Å². The number of pyridine rings is 1. The van der Waals surface area contributed by atoms with Crippen LogP contribution in [0.4, 0.5) is 57.9 Å². The number of carbonyl (C=O) groups is 4. The predicted molar refractivity (Wildman–Crippen MR) is 423 cm³/mol. The zero-order valence-corrected chi connectivity index (χ0v) is 61.4. The first-order valence-electron chi connectivity index (χ1n) is 34.8. The Kier molecular flexibility index (Phi) is 23.8. The summed E-state index contributed by atoms with van der Waals surface area (Å²) in [4.78, 5) is 56.5. The van der Waals surface area contributed by atoms with E-state index < -0.39 is 46.9 Å². The van der Waals surface area contributed by atoms with Crippen LogP contribution in [-0.4, -0.2) is 98.9 Å². The van der Waals surface area contributed by atoms with Crippen LogP contribution < -0.4 is 30.7 Å². The Bertz CT molecular complexity index is 6410. The number of H-pyrrole nitrogens is 5. The van der Waals surface area contributed by atoms with E-state index in [1.54, 1.807) is 136 Å². The van der Waals surface area contributed by atoms with Crippen LogP contribution in [0.3, 0.4) is 0 Å². The smallest absolute Gasteiger partial charge is 0.272 e. The van der Waals surface area contributed by atoms with E-state index in [4.69, 9.17) is 18.5 Å². The summed E-state index contributed by atoms with van der Waals surface area (Å²) < 4.78 is 130. The molecule has 0 radical (unpaired) electrons. The number of amides is 4. The van der Waals surface area contributed by atoms with Gasteiger partial charge in [0.2, 0.25) is 11.8 Å². The number of rotatable bonds is 18. The lowest BCUT2D eigenvalue weighted by atomic mass is 10.1. The third-order valence-corrected chi connectivity index (χ3v) is 17.5. The van der Waals surface area contributed by atoms with Gasteiger partial charge in [0.1, 0.15) is 80.4 Å². The quantitative estimate of drug-likeness (QED) is 0.0361. The third-order valence-electron chi connectivity index (χ3n) is 17.5. The number of halogens is 8. The Hall–Kier alpha value is -15.6. The normalized spacial score (nSPS) is 11.3. The van der Waals surface area contributed by atoms with E-state index >= 15 is 0 Å². The molecule has 0 spiro atoms. The fourth-order valence-electron chi connectivity index (χ4n) is 11.5. The van der Waals surface area contributed by atoms with Crippen LogP contribution in [0.1, 0.15) is 104 Å². The van der Waals surface area contributed by atoms with Gasteiger partial charge in [0.15, 0.2) is 0 Å². The summed E-state index contributed by atoms with van der Waals surface area (Å²) in [5.74, 6) is -4.73. The van der Waals surface area contributed by atoms with Crippen molar-refractivity contribution in [2.45, 2.75) is 20.8 Å². The Labute approximate surface area is 651 Å². The van der Waals surface area contributed by atoms with E-state index in [2.05, 4.69) is 82.3 Å². The summed E-state index contributed by atoms with van der Waals surface area (Å²) in [6.07, 6.45) is 16.8. The molecule has 0 aliphatic rings. The second-order valence-corrected chi connectivity index (χ2v) is 25.3. The first-order valence-corrected chi connectivity index (χ1v) is 34.8. The summed E-state index contributed by atoms with van der Waals surface area (Å²) in [5, 5.41) is 47.7. The second-order valence-electron chi connectivity index (χ2n) is 25.3. The van der Waals surface area contributed by atoms with Gasteiger partial charge in [-0.2, -0.15) is 25.4 Å². The van der Waals surface area contributed by atoms with Gasteiger partial charge in [-0.1, -0.05) is 83.1 Å². The highest BCUT2D eigenvalue weighted by Crippen LogP contribution is 2.32. The van der Waals surface area contributed by atoms with Crippen molar-refractivity contribution in [1.82, 2.24) is 61.1 Å². The Morgan fingerprint density at radius 1 is 0.397 bits per heavy atom. The molecule has 4 amide bonds. The maximum atomic E-state index is 14.6. The predicted octanol–water partition coefficient (Wildman–Crippen LogP) is 18.7. The molecule has 116 heavy (non-hydrogen) atoms. The van der Waals surface area contributed by atoms with Gasteiger partial charge in [-0.05, 0) is 158 Å². The standard InChI is InChI=1S/C23H18F2N4O3.C21H16F2N4O2.C20H14F2N4O2.C20H14F2N4O/c1-31-21-10-8-15(23(27-21)32-2)22(30)26-20-11-16-18(28-29-19(16)12-17(20)25)9-5-13-3-6-14(24)7-4-13;1-11-20(12(2)29-27-11)21(28)24-19-9-15-17(25-26-18(15)10-16(19)23)8-5-13-3-6-14(22)7-4-13;1-11-15(10-23-28-11)20(27)24-19-8-14-17(25-26-18(14)9-16(19)22)7-4-12-2-5-13(21)6-3-12;21-13-6-3-12(4-7-13)5-8-16-14-10-19(15(22)11-18(14)26-25-16)24-20(27)17-2-1-9-23-17/h3-12H,1-2H3,(H,26,30)(H,28,29);3-10H,1-2H3,(H,24,28)(H,25,26);2-10H,1H3,(H,24,27)(H,25,26);1-11,23H,(H,24,27)(H,25,26)/b9-5+;8-5+;7-4+;8-5+. The number of hydrogen-bond acceptors (Lipinski definition) is 15. The molecular formula is C84H62F8N16O8. The van der Waals surface area contributed by atoms with E-state index in [1.807, 2.05) is 0 Å². The highest BCUT2D eigenvalue weighted by molar-refractivity contribution is 6.09. The number of nitrogens with one attached hydrogen (secondary N) is 9. The highest BCUT2D eigenvalue weighted by atomic mass is 19.2. The minimum Gasteiger partial charge on any atom is -0.481 e. The fourth-order valence-corrected chi connectivity index (χ4v) is 11.5. The van der Waals surface area contributed by atoms with Crippen molar-refractivity contribution in [3.8, 4) is 11.8 Å². The van der Waals surface area contributed by atoms with Crippen LogP contribution in [0, 0.1) is 67.3 Å². The number of anilines is 4. The summed E-state index contributed by atoms with van der Waals surface area (Å²) >= 11 is 0. The average Bonchev–Trinajstić information content (AvgIpc) is 1.62. The number of benzene rings is 8. The summed E-state index contributed by atoms with van der Waals surface area (Å²) in [6, 6.07) is 41.3. The Balaban J connectivity index is 0.000000135. The molecule has 16 rings (SSSR count). The second kappa shape index (κ2) is 35.2.